The van der Waals surface area contributed by atoms with Crippen molar-refractivity contribution in [1.82, 2.24) is 9.62 Å². The molecule has 25 heavy (non-hydrogen) atoms. The summed E-state index contributed by atoms with van der Waals surface area (Å²) in [4.78, 5) is 14.2. The van der Waals surface area contributed by atoms with E-state index in [2.05, 4.69) is 11.6 Å². The molecule has 1 N–H and O–H groups in total. The Balaban J connectivity index is 1.89. The van der Waals surface area contributed by atoms with Crippen LogP contribution in [0.1, 0.15) is 40.0 Å². The van der Waals surface area contributed by atoms with Crippen molar-refractivity contribution < 1.29 is 17.9 Å². The Kier molecular flexibility index (Phi) is 6.84. The zero-order chi connectivity index (χ0) is 18.4. The number of likely N-dealkylation sites (tertiary alicyclic amines) is 1. The number of nitrogens with zero attached hydrogens (tertiary/aromatic N) is 1. The van der Waals surface area contributed by atoms with Crippen molar-refractivity contribution >= 4 is 15.9 Å². The third-order valence-electron chi connectivity index (χ3n) is 4.60. The molecule has 1 fully saturated rings. The largest absolute Gasteiger partial charge is 0.484 e. The van der Waals surface area contributed by atoms with Crippen LogP contribution in [-0.4, -0.2) is 45.0 Å². The lowest BCUT2D eigenvalue weighted by Crippen LogP contribution is -2.40. The van der Waals surface area contributed by atoms with Crippen LogP contribution < -0.4 is 9.46 Å². The first-order valence-corrected chi connectivity index (χ1v) is 10.3. The van der Waals surface area contributed by atoms with Crippen molar-refractivity contribution in [2.24, 2.45) is 5.92 Å². The van der Waals surface area contributed by atoms with E-state index in [1.165, 1.54) is 12.1 Å². The second-order valence-electron chi connectivity index (χ2n) is 6.75. The van der Waals surface area contributed by atoms with Gasteiger partial charge in [0.15, 0.2) is 6.61 Å². The van der Waals surface area contributed by atoms with E-state index < -0.39 is 10.0 Å². The summed E-state index contributed by atoms with van der Waals surface area (Å²) >= 11 is 0. The highest BCUT2D eigenvalue weighted by atomic mass is 32.2. The number of carbonyl (C=O) groups excluding carboxylic acids is 1. The predicted octanol–water partition coefficient (Wildman–Crippen LogP) is 2.40. The Labute approximate surface area is 150 Å². The number of ether oxygens (including phenoxy) is 1. The van der Waals surface area contributed by atoms with Gasteiger partial charge in [0.2, 0.25) is 10.0 Å². The molecule has 2 rings (SSSR count). The molecule has 1 aromatic carbocycles. The van der Waals surface area contributed by atoms with Crippen molar-refractivity contribution in [3.05, 3.63) is 24.3 Å². The maximum absolute atomic E-state index is 12.2. The summed E-state index contributed by atoms with van der Waals surface area (Å²) in [6, 6.07) is 6.03. The van der Waals surface area contributed by atoms with Crippen LogP contribution in [0.5, 0.6) is 5.75 Å². The van der Waals surface area contributed by atoms with Gasteiger partial charge in [-0.3, -0.25) is 4.79 Å². The second kappa shape index (κ2) is 8.67. The van der Waals surface area contributed by atoms with Gasteiger partial charge in [-0.05, 0) is 56.4 Å². The van der Waals surface area contributed by atoms with Crippen molar-refractivity contribution in [2.45, 2.75) is 51.0 Å². The molecule has 1 saturated heterocycles. The molecule has 0 spiro atoms. The van der Waals surface area contributed by atoms with E-state index in [0.717, 1.165) is 32.4 Å². The van der Waals surface area contributed by atoms with Crippen LogP contribution in [-0.2, 0) is 14.8 Å². The Bertz CT molecular complexity index is 665. The first kappa shape index (κ1) is 19.7. The Morgan fingerprint density at radius 2 is 1.88 bits per heavy atom. The fraction of sp³-hybridized carbons (Fsp3) is 0.611. The summed E-state index contributed by atoms with van der Waals surface area (Å²) < 4.78 is 32.5. The van der Waals surface area contributed by atoms with Crippen molar-refractivity contribution in [3.8, 4) is 5.75 Å². The molecular weight excluding hydrogens is 340 g/mol. The average molecular weight is 368 g/mol. The van der Waals surface area contributed by atoms with Crippen LogP contribution >= 0.6 is 0 Å². The van der Waals surface area contributed by atoms with Crippen LogP contribution in [0.3, 0.4) is 0 Å². The number of hydrogen-bond donors (Lipinski definition) is 1. The number of hydrogen-bond acceptors (Lipinski definition) is 4. The van der Waals surface area contributed by atoms with E-state index in [1.54, 1.807) is 12.1 Å². The minimum absolute atomic E-state index is 0.0222. The van der Waals surface area contributed by atoms with E-state index in [0.29, 0.717) is 11.7 Å². The van der Waals surface area contributed by atoms with E-state index >= 15 is 0 Å². The number of nitrogens with one attached hydrogen (secondary N) is 1. The molecule has 7 heteroatoms. The molecule has 0 bridgehead atoms. The van der Waals surface area contributed by atoms with Crippen molar-refractivity contribution in [3.63, 3.8) is 0 Å². The molecule has 1 amide bonds. The fourth-order valence-corrected chi connectivity index (χ4v) is 3.95. The van der Waals surface area contributed by atoms with Gasteiger partial charge in [-0.2, -0.15) is 0 Å². The standard InChI is InChI=1S/C18H28N2O4S/c1-4-15(3)19-25(22,23)17-7-5-16(6-8-17)24-13-18(21)20-11-9-14(2)10-12-20/h5-8,14-15,19H,4,9-13H2,1-3H3/t15-/m1/s1. The number of rotatable bonds is 7. The van der Waals surface area contributed by atoms with Gasteiger partial charge in [0, 0.05) is 19.1 Å². The number of benzene rings is 1. The molecule has 140 valence electrons. The molecular formula is C18H28N2O4S. The Morgan fingerprint density at radius 3 is 2.44 bits per heavy atom. The molecule has 0 aliphatic carbocycles. The average Bonchev–Trinajstić information content (AvgIpc) is 2.60. The molecule has 0 unspecified atom stereocenters. The van der Waals surface area contributed by atoms with Gasteiger partial charge in [0.25, 0.3) is 5.91 Å². The zero-order valence-corrected chi connectivity index (χ0v) is 16.0. The predicted molar refractivity (Wildman–Crippen MR) is 97.0 cm³/mol. The Morgan fingerprint density at radius 1 is 1.28 bits per heavy atom. The highest BCUT2D eigenvalue weighted by Gasteiger charge is 2.21. The summed E-state index contributed by atoms with van der Waals surface area (Å²) in [6.45, 7) is 7.48. The van der Waals surface area contributed by atoms with Gasteiger partial charge in [-0.15, -0.1) is 0 Å². The quantitative estimate of drug-likeness (QED) is 0.802. The van der Waals surface area contributed by atoms with Gasteiger partial charge in [-0.1, -0.05) is 13.8 Å². The monoisotopic (exact) mass is 368 g/mol. The van der Waals surface area contributed by atoms with Gasteiger partial charge in [0.05, 0.1) is 4.90 Å². The summed E-state index contributed by atoms with van der Waals surface area (Å²) in [5.41, 5.74) is 0. The van der Waals surface area contributed by atoms with Gasteiger partial charge >= 0.3 is 0 Å². The third kappa shape index (κ3) is 5.71. The molecule has 1 aliphatic rings. The molecule has 1 heterocycles. The van der Waals surface area contributed by atoms with E-state index in [1.807, 2.05) is 18.7 Å². The van der Waals surface area contributed by atoms with Crippen LogP contribution in [0, 0.1) is 5.92 Å². The zero-order valence-electron chi connectivity index (χ0n) is 15.2. The number of carbonyl (C=O) groups is 1. The summed E-state index contributed by atoms with van der Waals surface area (Å²) in [5, 5.41) is 0. The summed E-state index contributed by atoms with van der Waals surface area (Å²) in [6.07, 6.45) is 2.78. The smallest absolute Gasteiger partial charge is 0.260 e. The first-order chi connectivity index (χ1) is 11.8. The first-order valence-electron chi connectivity index (χ1n) is 8.84. The van der Waals surface area contributed by atoms with Gasteiger partial charge in [-0.25, -0.2) is 13.1 Å². The van der Waals surface area contributed by atoms with Gasteiger partial charge < -0.3 is 9.64 Å². The van der Waals surface area contributed by atoms with E-state index in [9.17, 15) is 13.2 Å². The SMILES string of the molecule is CC[C@@H](C)NS(=O)(=O)c1ccc(OCC(=O)N2CCC(C)CC2)cc1. The highest BCUT2D eigenvalue weighted by molar-refractivity contribution is 7.89. The highest BCUT2D eigenvalue weighted by Crippen LogP contribution is 2.18. The normalized spacial score (nSPS) is 17.3. The lowest BCUT2D eigenvalue weighted by Gasteiger charge is -2.30. The lowest BCUT2D eigenvalue weighted by molar-refractivity contribution is -0.134. The second-order valence-corrected chi connectivity index (χ2v) is 8.47. The van der Waals surface area contributed by atoms with Crippen molar-refractivity contribution in [2.75, 3.05) is 19.7 Å². The Hall–Kier alpha value is -1.60. The molecule has 0 aromatic heterocycles. The number of piperidine rings is 1. The topological polar surface area (TPSA) is 75.7 Å². The molecule has 1 aliphatic heterocycles. The molecule has 0 radical (unpaired) electrons. The molecule has 1 aromatic rings. The van der Waals surface area contributed by atoms with Crippen molar-refractivity contribution in [1.29, 1.82) is 0 Å². The van der Waals surface area contributed by atoms with Crippen LogP contribution in [0.2, 0.25) is 0 Å². The fourth-order valence-electron chi connectivity index (χ4n) is 2.63. The van der Waals surface area contributed by atoms with E-state index in [-0.39, 0.29) is 23.5 Å². The van der Waals surface area contributed by atoms with Crippen LogP contribution in [0.25, 0.3) is 0 Å². The summed E-state index contributed by atoms with van der Waals surface area (Å²) in [5.74, 6) is 1.13. The van der Waals surface area contributed by atoms with Crippen LogP contribution in [0.4, 0.5) is 0 Å². The number of amides is 1. The maximum Gasteiger partial charge on any atom is 0.260 e. The summed E-state index contributed by atoms with van der Waals surface area (Å²) in [7, 11) is -3.52. The minimum atomic E-state index is -3.52. The molecule has 6 nitrogen and oxygen atoms in total. The molecule has 1 atom stereocenters. The van der Waals surface area contributed by atoms with Gasteiger partial charge in [0.1, 0.15) is 5.75 Å². The molecule has 0 saturated carbocycles. The number of sulfonamides is 1. The third-order valence-corrected chi connectivity index (χ3v) is 6.21. The van der Waals surface area contributed by atoms with Crippen LogP contribution in [0.15, 0.2) is 29.2 Å². The lowest BCUT2D eigenvalue weighted by atomic mass is 9.99. The maximum atomic E-state index is 12.2. The van der Waals surface area contributed by atoms with E-state index in [4.69, 9.17) is 4.74 Å². The minimum Gasteiger partial charge on any atom is -0.484 e.